The van der Waals surface area contributed by atoms with E-state index in [1.807, 2.05) is 29.6 Å². The number of sulfonamides is 1. The van der Waals surface area contributed by atoms with E-state index < -0.39 is 15.8 Å². The first-order valence-corrected chi connectivity index (χ1v) is 10.1. The molecular formula is C17H13FN4O3S2. The van der Waals surface area contributed by atoms with Crippen molar-refractivity contribution in [1.29, 1.82) is 0 Å². The molecule has 0 amide bonds. The number of ether oxygens (including phenoxy) is 1. The highest BCUT2D eigenvalue weighted by Crippen LogP contribution is 2.27. The van der Waals surface area contributed by atoms with Gasteiger partial charge in [-0.1, -0.05) is 0 Å². The second-order valence-electron chi connectivity index (χ2n) is 5.54. The van der Waals surface area contributed by atoms with Gasteiger partial charge in [-0.15, -0.1) is 16.4 Å². The van der Waals surface area contributed by atoms with Gasteiger partial charge < -0.3 is 4.74 Å². The lowest BCUT2D eigenvalue weighted by molar-refractivity contribution is 0.415. The van der Waals surface area contributed by atoms with E-state index in [2.05, 4.69) is 14.8 Å². The number of fused-ring (bicyclic) bond motifs is 1. The van der Waals surface area contributed by atoms with Crippen LogP contribution in [0, 0.1) is 5.82 Å². The summed E-state index contributed by atoms with van der Waals surface area (Å²) < 4.78 is 46.8. The number of hydrogen-bond acceptors (Lipinski definition) is 6. The summed E-state index contributed by atoms with van der Waals surface area (Å²) in [5.41, 5.74) is 1.66. The predicted octanol–water partition coefficient (Wildman–Crippen LogP) is 3.41. The van der Waals surface area contributed by atoms with Crippen molar-refractivity contribution < 1.29 is 17.5 Å². The van der Waals surface area contributed by atoms with Gasteiger partial charge in [0.15, 0.2) is 0 Å². The number of halogens is 1. The van der Waals surface area contributed by atoms with Crippen molar-refractivity contribution in [3.05, 3.63) is 59.7 Å². The molecule has 0 atom stereocenters. The zero-order valence-electron chi connectivity index (χ0n) is 14.0. The molecule has 138 valence electrons. The van der Waals surface area contributed by atoms with Gasteiger partial charge in [0.05, 0.1) is 17.7 Å². The molecule has 4 rings (SSSR count). The van der Waals surface area contributed by atoms with Crippen molar-refractivity contribution in [3.63, 3.8) is 0 Å². The third kappa shape index (κ3) is 3.36. The molecule has 0 spiro atoms. The summed E-state index contributed by atoms with van der Waals surface area (Å²) in [5, 5.41) is 6.12. The number of aromatic nitrogens is 3. The van der Waals surface area contributed by atoms with Gasteiger partial charge >= 0.3 is 0 Å². The first-order valence-electron chi connectivity index (χ1n) is 7.73. The van der Waals surface area contributed by atoms with Gasteiger partial charge in [0.1, 0.15) is 11.6 Å². The third-order valence-corrected chi connectivity index (χ3v) is 5.98. The van der Waals surface area contributed by atoms with Gasteiger partial charge in [-0.2, -0.15) is 4.98 Å². The standard InChI is InChI=1S/C17H13FN4O3S2/c1-25-13-6-2-11(3-7-13)15-10-26-17-19-16(20-22(15)17)21-27(23,24)14-8-4-12(18)5-9-14/h2-10H,1H3,(H,20,21). The average molecular weight is 404 g/mol. The molecular weight excluding hydrogens is 391 g/mol. The molecule has 2 aromatic carbocycles. The van der Waals surface area contributed by atoms with Crippen LogP contribution in [0.3, 0.4) is 0 Å². The minimum Gasteiger partial charge on any atom is -0.497 e. The van der Waals surface area contributed by atoms with Crippen molar-refractivity contribution in [2.75, 3.05) is 11.8 Å². The molecule has 0 radical (unpaired) electrons. The number of rotatable bonds is 5. The zero-order valence-corrected chi connectivity index (χ0v) is 15.6. The molecule has 0 fully saturated rings. The topological polar surface area (TPSA) is 85.6 Å². The molecule has 1 N–H and O–H groups in total. The van der Waals surface area contributed by atoms with E-state index in [1.165, 1.54) is 23.5 Å². The maximum atomic E-state index is 13.0. The summed E-state index contributed by atoms with van der Waals surface area (Å²) in [6.07, 6.45) is 0. The molecule has 7 nitrogen and oxygen atoms in total. The molecule has 4 aromatic rings. The zero-order chi connectivity index (χ0) is 19.0. The SMILES string of the molecule is COc1ccc(-c2csc3nc(NS(=O)(=O)c4ccc(F)cc4)nn23)cc1. The number of hydrogen-bond donors (Lipinski definition) is 1. The Bertz CT molecular complexity index is 1200. The van der Waals surface area contributed by atoms with Gasteiger partial charge in [0.25, 0.3) is 16.0 Å². The highest BCUT2D eigenvalue weighted by atomic mass is 32.2. The van der Waals surface area contributed by atoms with Crippen LogP contribution in [0.1, 0.15) is 0 Å². The van der Waals surface area contributed by atoms with Gasteiger partial charge in [0, 0.05) is 10.9 Å². The molecule has 0 aliphatic carbocycles. The molecule has 0 unspecified atom stereocenters. The lowest BCUT2D eigenvalue weighted by Crippen LogP contribution is -2.14. The van der Waals surface area contributed by atoms with Crippen molar-refractivity contribution >= 4 is 32.3 Å². The van der Waals surface area contributed by atoms with E-state index in [1.54, 1.807) is 11.6 Å². The minimum atomic E-state index is -3.91. The van der Waals surface area contributed by atoms with Crippen LogP contribution >= 0.6 is 11.3 Å². The van der Waals surface area contributed by atoms with Crippen LogP contribution in [0.5, 0.6) is 5.75 Å². The second-order valence-corrected chi connectivity index (χ2v) is 8.06. The Morgan fingerprint density at radius 3 is 2.48 bits per heavy atom. The first-order chi connectivity index (χ1) is 13.0. The molecule has 0 saturated heterocycles. The number of methoxy groups -OCH3 is 1. The smallest absolute Gasteiger partial charge is 0.264 e. The number of nitrogens with one attached hydrogen (secondary N) is 1. The summed E-state index contributed by atoms with van der Waals surface area (Å²) in [5.74, 6) is 0.163. The Morgan fingerprint density at radius 2 is 1.81 bits per heavy atom. The second kappa shape index (κ2) is 6.63. The number of thiazole rings is 1. The first kappa shape index (κ1) is 17.4. The third-order valence-electron chi connectivity index (χ3n) is 3.82. The lowest BCUT2D eigenvalue weighted by Gasteiger charge is -2.04. The molecule has 2 aromatic heterocycles. The van der Waals surface area contributed by atoms with Crippen molar-refractivity contribution in [2.24, 2.45) is 0 Å². The van der Waals surface area contributed by atoms with E-state index >= 15 is 0 Å². The normalized spacial score (nSPS) is 11.6. The maximum Gasteiger partial charge on any atom is 0.264 e. The summed E-state index contributed by atoms with van der Waals surface area (Å²) >= 11 is 1.34. The van der Waals surface area contributed by atoms with Crippen LogP contribution in [0.2, 0.25) is 0 Å². The number of anilines is 1. The van der Waals surface area contributed by atoms with Gasteiger partial charge in [-0.25, -0.2) is 22.0 Å². The monoisotopic (exact) mass is 404 g/mol. The Hall–Kier alpha value is -2.98. The van der Waals surface area contributed by atoms with E-state index in [-0.39, 0.29) is 10.8 Å². The quantitative estimate of drug-likeness (QED) is 0.551. The van der Waals surface area contributed by atoms with Crippen molar-refractivity contribution in [1.82, 2.24) is 14.6 Å². The largest absolute Gasteiger partial charge is 0.497 e. The molecule has 10 heteroatoms. The van der Waals surface area contributed by atoms with Crippen LogP contribution in [-0.2, 0) is 10.0 Å². The fraction of sp³-hybridized carbons (Fsp3) is 0.0588. The summed E-state index contributed by atoms with van der Waals surface area (Å²) in [4.78, 5) is 4.67. The Labute approximate surface area is 158 Å². The minimum absolute atomic E-state index is 0.0547. The number of nitrogens with zero attached hydrogens (tertiary/aromatic N) is 3. The average Bonchev–Trinajstić information content (AvgIpc) is 3.22. The van der Waals surface area contributed by atoms with Crippen molar-refractivity contribution in [2.45, 2.75) is 4.90 Å². The maximum absolute atomic E-state index is 13.0. The van der Waals surface area contributed by atoms with E-state index in [0.717, 1.165) is 29.1 Å². The fourth-order valence-corrected chi connectivity index (χ4v) is 4.25. The van der Waals surface area contributed by atoms with Crippen LogP contribution in [-0.4, -0.2) is 30.1 Å². The lowest BCUT2D eigenvalue weighted by atomic mass is 10.2. The molecule has 27 heavy (non-hydrogen) atoms. The van der Waals surface area contributed by atoms with Gasteiger partial charge in [-0.3, -0.25) is 0 Å². The van der Waals surface area contributed by atoms with Crippen LogP contribution in [0.4, 0.5) is 10.3 Å². The summed E-state index contributed by atoms with van der Waals surface area (Å²) in [6.45, 7) is 0. The molecule has 0 saturated carbocycles. The van der Waals surface area contributed by atoms with E-state index in [4.69, 9.17) is 4.74 Å². The molecule has 0 aliphatic heterocycles. The highest BCUT2D eigenvalue weighted by molar-refractivity contribution is 7.92. The summed E-state index contributed by atoms with van der Waals surface area (Å²) in [6, 6.07) is 11.9. The van der Waals surface area contributed by atoms with E-state index in [9.17, 15) is 12.8 Å². The summed E-state index contributed by atoms with van der Waals surface area (Å²) in [7, 11) is -2.32. The van der Waals surface area contributed by atoms with Crippen LogP contribution < -0.4 is 9.46 Å². The Kier molecular flexibility index (Phi) is 4.28. The fourth-order valence-electron chi connectivity index (χ4n) is 2.48. The molecule has 0 bridgehead atoms. The van der Waals surface area contributed by atoms with E-state index in [0.29, 0.717) is 4.96 Å². The predicted molar refractivity (Wildman–Crippen MR) is 100 cm³/mol. The van der Waals surface area contributed by atoms with Crippen LogP contribution in [0.15, 0.2) is 58.8 Å². The molecule has 2 heterocycles. The number of benzene rings is 2. The Balaban J connectivity index is 1.66. The van der Waals surface area contributed by atoms with Crippen LogP contribution in [0.25, 0.3) is 16.2 Å². The van der Waals surface area contributed by atoms with Gasteiger partial charge in [-0.05, 0) is 48.5 Å². The molecule has 0 aliphatic rings. The highest BCUT2D eigenvalue weighted by Gasteiger charge is 2.19. The Morgan fingerprint density at radius 1 is 1.11 bits per heavy atom. The van der Waals surface area contributed by atoms with Crippen molar-refractivity contribution in [3.8, 4) is 17.0 Å². The van der Waals surface area contributed by atoms with Gasteiger partial charge in [0.2, 0.25) is 4.96 Å².